The van der Waals surface area contributed by atoms with Gasteiger partial charge in [-0.25, -0.2) is 13.9 Å². The van der Waals surface area contributed by atoms with Crippen LogP contribution in [0.4, 0.5) is 5.95 Å². The monoisotopic (exact) mass is 583 g/mol. The van der Waals surface area contributed by atoms with Gasteiger partial charge < -0.3 is 35.2 Å². The fraction of sp³-hybridized carbons (Fsp3) is 0.545. The Hall–Kier alpha value is -1.00. The van der Waals surface area contributed by atoms with Crippen LogP contribution in [-0.2, 0) is 27.3 Å². The number of fused-ring (bicyclic) bond motifs is 1. The summed E-state index contributed by atoms with van der Waals surface area (Å²) >= 11 is 2.26. The highest BCUT2D eigenvalue weighted by Gasteiger charge is 2.48. The van der Waals surface area contributed by atoms with Crippen molar-refractivity contribution in [2.45, 2.75) is 29.2 Å². The standard InChI is InChI=1S/C11H17BrN5O12P3/c12-10(30(20,21)22)31(23,24)29-32(25,26)27-2-5-4(18)1-6(28-5)17-3-14-7-8(17)15-11(13)16-9(7)19/h3-6,10,18H,1-2H2,(H,23,24)(H,25,26)(H2,20,21,22)(H3,13,15,16,19)/t4-,5+,6+,10?/m0/s1. The number of halogens is 1. The second kappa shape index (κ2) is 8.98. The van der Waals surface area contributed by atoms with E-state index >= 15 is 0 Å². The molecule has 0 saturated carbocycles. The van der Waals surface area contributed by atoms with Crippen LogP contribution in [0.25, 0.3) is 11.2 Å². The first kappa shape index (κ1) is 25.6. The number of rotatable bonds is 8. The summed E-state index contributed by atoms with van der Waals surface area (Å²) in [6.07, 6.45) is -2.28. The molecule has 2 aromatic rings. The molecule has 0 radical (unpaired) electrons. The minimum atomic E-state index is -5.34. The van der Waals surface area contributed by atoms with E-state index in [1.807, 2.05) is 0 Å². The van der Waals surface area contributed by atoms with Crippen LogP contribution in [0.2, 0.25) is 0 Å². The SMILES string of the molecule is Nc1nc2c(ncn2[C@H]2C[C@H](O)[C@@H](COP(=O)(O)OP(=O)(O)C(Br)P(=O)(O)O)O2)c(=O)[nH]1. The van der Waals surface area contributed by atoms with Crippen LogP contribution in [0.5, 0.6) is 0 Å². The summed E-state index contributed by atoms with van der Waals surface area (Å²) in [6, 6.07) is 0. The minimum absolute atomic E-state index is 0.0432. The van der Waals surface area contributed by atoms with Crippen LogP contribution in [-0.4, -0.2) is 67.3 Å². The first-order valence-corrected chi connectivity index (χ1v) is 14.1. The van der Waals surface area contributed by atoms with Gasteiger partial charge in [0.25, 0.3) is 5.56 Å². The van der Waals surface area contributed by atoms with Crippen molar-refractivity contribution in [1.29, 1.82) is 0 Å². The molecular formula is C11H17BrN5O12P3. The summed E-state index contributed by atoms with van der Waals surface area (Å²) in [7, 11) is -15.9. The normalized spacial score (nSPS) is 26.6. The zero-order valence-electron chi connectivity index (χ0n) is 15.5. The summed E-state index contributed by atoms with van der Waals surface area (Å²) in [4.78, 5) is 59.0. The highest BCUT2D eigenvalue weighted by Crippen LogP contribution is 2.71. The number of nitrogens with one attached hydrogen (secondary N) is 1. The number of aromatic amines is 1. The van der Waals surface area contributed by atoms with E-state index in [-0.39, 0.29) is 23.5 Å². The zero-order valence-corrected chi connectivity index (χ0v) is 19.8. The molecule has 21 heteroatoms. The van der Waals surface area contributed by atoms with Gasteiger partial charge in [-0.15, -0.1) is 0 Å². The van der Waals surface area contributed by atoms with Gasteiger partial charge in [-0.05, 0) is 0 Å². The van der Waals surface area contributed by atoms with Crippen LogP contribution in [0.15, 0.2) is 11.1 Å². The summed E-state index contributed by atoms with van der Waals surface area (Å²) in [6.45, 7) is -0.808. The number of hydrogen-bond donors (Lipinski definition) is 7. The van der Waals surface area contributed by atoms with E-state index in [0.717, 1.165) is 0 Å². The predicted molar refractivity (Wildman–Crippen MR) is 109 cm³/mol. The highest BCUT2D eigenvalue weighted by atomic mass is 79.9. The van der Waals surface area contributed by atoms with Gasteiger partial charge in [-0.2, -0.15) is 4.98 Å². The van der Waals surface area contributed by atoms with E-state index in [1.54, 1.807) is 0 Å². The smallest absolute Gasteiger partial charge is 0.390 e. The topological polar surface area (TPSA) is 270 Å². The fourth-order valence-electron chi connectivity index (χ4n) is 2.76. The van der Waals surface area contributed by atoms with Crippen molar-refractivity contribution in [2.24, 2.45) is 0 Å². The lowest BCUT2D eigenvalue weighted by Crippen LogP contribution is -2.26. The van der Waals surface area contributed by atoms with Crippen LogP contribution in [0, 0.1) is 0 Å². The Morgan fingerprint density at radius 1 is 1.34 bits per heavy atom. The van der Waals surface area contributed by atoms with Crippen molar-refractivity contribution in [3.05, 3.63) is 16.7 Å². The van der Waals surface area contributed by atoms with Crippen LogP contribution < -0.4 is 11.3 Å². The van der Waals surface area contributed by atoms with Gasteiger partial charge in [0.1, 0.15) is 12.3 Å². The molecule has 3 heterocycles. The molecule has 17 nitrogen and oxygen atoms in total. The molecule has 0 spiro atoms. The molecule has 180 valence electrons. The largest absolute Gasteiger partial charge is 0.479 e. The Labute approximate surface area is 186 Å². The third-order valence-electron chi connectivity index (χ3n) is 4.13. The molecule has 1 aliphatic rings. The second-order valence-corrected chi connectivity index (χ2v) is 14.4. The van der Waals surface area contributed by atoms with E-state index < -0.39 is 57.9 Å². The molecule has 32 heavy (non-hydrogen) atoms. The quantitative estimate of drug-likeness (QED) is 0.153. The van der Waals surface area contributed by atoms with E-state index in [9.17, 15) is 33.4 Å². The Bertz CT molecular complexity index is 1210. The third-order valence-corrected chi connectivity index (χ3v) is 12.4. The molecule has 0 bridgehead atoms. The van der Waals surface area contributed by atoms with Crippen molar-refractivity contribution >= 4 is 56.1 Å². The maximum atomic E-state index is 12.0. The number of nitrogen functional groups attached to an aromatic ring is 1. The van der Waals surface area contributed by atoms with Crippen LogP contribution in [0.3, 0.4) is 0 Å². The van der Waals surface area contributed by atoms with E-state index in [2.05, 4.69) is 39.7 Å². The maximum Gasteiger partial charge on any atom is 0.479 e. The molecule has 1 saturated heterocycles. The first-order valence-electron chi connectivity index (χ1n) is 8.37. The van der Waals surface area contributed by atoms with Gasteiger partial charge in [-0.3, -0.25) is 28.0 Å². The molecule has 2 aromatic heterocycles. The number of ether oxygens (including phenoxy) is 1. The lowest BCUT2D eigenvalue weighted by Gasteiger charge is -2.22. The number of phosphoric acid groups is 1. The molecule has 0 amide bonds. The van der Waals surface area contributed by atoms with Crippen molar-refractivity contribution in [1.82, 2.24) is 19.5 Å². The zero-order chi connectivity index (χ0) is 24.1. The van der Waals surface area contributed by atoms with Gasteiger partial charge in [0, 0.05) is 6.42 Å². The van der Waals surface area contributed by atoms with Gasteiger partial charge in [0.05, 0.1) is 19.0 Å². The Morgan fingerprint density at radius 3 is 2.62 bits per heavy atom. The van der Waals surface area contributed by atoms with Crippen molar-refractivity contribution in [2.75, 3.05) is 12.3 Å². The maximum absolute atomic E-state index is 12.0. The molecule has 3 unspecified atom stereocenters. The number of imidazole rings is 1. The molecular weight excluding hydrogens is 567 g/mol. The molecule has 6 atom stereocenters. The average Bonchev–Trinajstić information content (AvgIpc) is 3.21. The first-order chi connectivity index (χ1) is 14.6. The Morgan fingerprint density at radius 2 is 2.00 bits per heavy atom. The summed E-state index contributed by atoms with van der Waals surface area (Å²) in [5.74, 6) is -0.185. The number of hydrogen-bond acceptors (Lipinski definition) is 11. The number of aliphatic hydroxyl groups excluding tert-OH is 1. The minimum Gasteiger partial charge on any atom is -0.390 e. The number of nitrogens with two attached hydrogens (primary N) is 1. The number of phosphoric ester groups is 1. The van der Waals surface area contributed by atoms with Gasteiger partial charge in [0.2, 0.25) is 10.3 Å². The average molecular weight is 584 g/mol. The lowest BCUT2D eigenvalue weighted by atomic mass is 10.2. The number of H-pyrrole nitrogens is 1. The number of aliphatic hydroxyl groups is 1. The molecule has 8 N–H and O–H groups in total. The third kappa shape index (κ3) is 5.55. The van der Waals surface area contributed by atoms with Gasteiger partial charge in [0.15, 0.2) is 11.2 Å². The summed E-state index contributed by atoms with van der Waals surface area (Å²) in [5.41, 5.74) is 4.93. The molecule has 1 fully saturated rings. The van der Waals surface area contributed by atoms with Crippen molar-refractivity contribution < 1.29 is 51.9 Å². The van der Waals surface area contributed by atoms with Crippen molar-refractivity contribution in [3.63, 3.8) is 0 Å². The molecule has 3 rings (SSSR count). The lowest BCUT2D eigenvalue weighted by molar-refractivity contribution is -0.0421. The Kier molecular flexibility index (Phi) is 7.19. The molecule has 1 aliphatic heterocycles. The number of alkyl halides is 1. The van der Waals surface area contributed by atoms with E-state index in [4.69, 9.17) is 20.3 Å². The van der Waals surface area contributed by atoms with E-state index in [1.165, 1.54) is 10.9 Å². The predicted octanol–water partition coefficient (Wildman–Crippen LogP) is -0.475. The van der Waals surface area contributed by atoms with E-state index in [0.29, 0.717) is 0 Å². The fourth-order valence-corrected chi connectivity index (χ4v) is 7.35. The highest BCUT2D eigenvalue weighted by molar-refractivity contribution is 9.12. The second-order valence-electron chi connectivity index (χ2n) is 6.52. The van der Waals surface area contributed by atoms with Crippen LogP contribution >= 0.6 is 38.9 Å². The van der Waals surface area contributed by atoms with Crippen molar-refractivity contribution in [3.8, 4) is 0 Å². The Balaban J connectivity index is 1.68. The van der Waals surface area contributed by atoms with Gasteiger partial charge in [-0.1, -0.05) is 15.9 Å². The molecule has 0 aromatic carbocycles. The van der Waals surface area contributed by atoms with Gasteiger partial charge >= 0.3 is 23.0 Å². The summed E-state index contributed by atoms with van der Waals surface area (Å²) < 4.78 is 47.9. The number of anilines is 1. The summed E-state index contributed by atoms with van der Waals surface area (Å²) in [5, 5.41) is 10.2. The van der Waals surface area contributed by atoms with Crippen LogP contribution in [0.1, 0.15) is 12.6 Å². The number of aromatic nitrogens is 4. The molecule has 0 aliphatic carbocycles. The number of nitrogens with zero attached hydrogens (tertiary/aromatic N) is 3.